The second-order valence-corrected chi connectivity index (χ2v) is 9.44. The number of rotatable bonds is 7. The molecule has 0 bridgehead atoms. The summed E-state index contributed by atoms with van der Waals surface area (Å²) in [7, 11) is 1.71. The molecule has 7 nitrogen and oxygen atoms in total. The molecule has 1 heterocycles. The lowest BCUT2D eigenvalue weighted by Crippen LogP contribution is -2.26. The van der Waals surface area contributed by atoms with Gasteiger partial charge in [0.2, 0.25) is 0 Å². The summed E-state index contributed by atoms with van der Waals surface area (Å²) in [5, 5.41) is 11.2. The molecule has 5 N–H and O–H groups in total. The van der Waals surface area contributed by atoms with Gasteiger partial charge in [-0.1, -0.05) is 30.3 Å². The van der Waals surface area contributed by atoms with Gasteiger partial charge in [0, 0.05) is 38.2 Å². The zero-order valence-corrected chi connectivity index (χ0v) is 20.9. The number of fused-ring (bicyclic) bond motifs is 1. The summed E-state index contributed by atoms with van der Waals surface area (Å²) in [5.41, 5.74) is 12.8. The van der Waals surface area contributed by atoms with Crippen molar-refractivity contribution >= 4 is 17.3 Å². The minimum Gasteiger partial charge on any atom is -0.492 e. The van der Waals surface area contributed by atoms with Crippen LogP contribution in [0.25, 0.3) is 0 Å². The summed E-state index contributed by atoms with van der Waals surface area (Å²) in [6, 6.07) is 14.7. The third kappa shape index (κ3) is 5.29. The van der Waals surface area contributed by atoms with Crippen LogP contribution >= 0.6 is 0 Å². The lowest BCUT2D eigenvalue weighted by Gasteiger charge is -2.25. The fourth-order valence-corrected chi connectivity index (χ4v) is 4.87. The van der Waals surface area contributed by atoms with Crippen LogP contribution in [-0.2, 0) is 17.9 Å². The lowest BCUT2D eigenvalue weighted by molar-refractivity contribution is -0.137. The van der Waals surface area contributed by atoms with E-state index in [1.165, 1.54) is 11.1 Å². The molecule has 4 rings (SSSR count). The second-order valence-electron chi connectivity index (χ2n) is 9.44. The molecule has 0 saturated heterocycles. The predicted molar refractivity (Wildman–Crippen MR) is 139 cm³/mol. The van der Waals surface area contributed by atoms with Crippen molar-refractivity contribution in [3.63, 3.8) is 0 Å². The highest BCUT2D eigenvalue weighted by molar-refractivity contribution is 5.74. The molecule has 8 heteroatoms. The Morgan fingerprint density at radius 2 is 2.00 bits per heavy atom. The first-order chi connectivity index (χ1) is 17.2. The van der Waals surface area contributed by atoms with E-state index in [0.29, 0.717) is 48.9 Å². The Hall–Kier alpha value is -3.62. The van der Waals surface area contributed by atoms with Gasteiger partial charge in [-0.3, -0.25) is 9.69 Å². The number of ether oxygens (including phenoxy) is 1. The molecular weight excluding hydrogens is 459 g/mol. The van der Waals surface area contributed by atoms with Gasteiger partial charge in [-0.05, 0) is 59.9 Å². The molecule has 1 aliphatic heterocycles. The number of halogens is 1. The average Bonchev–Trinajstić information content (AvgIpc) is 3.03. The van der Waals surface area contributed by atoms with Gasteiger partial charge in [-0.15, -0.1) is 0 Å². The maximum atomic E-state index is 14.5. The number of nitrogens with two attached hydrogens (primary N) is 2. The molecule has 190 valence electrons. The molecule has 0 radical (unpaired) electrons. The Morgan fingerprint density at radius 3 is 2.72 bits per heavy atom. The first kappa shape index (κ1) is 25.5. The van der Waals surface area contributed by atoms with Gasteiger partial charge < -0.3 is 20.6 Å². The van der Waals surface area contributed by atoms with Gasteiger partial charge in [0.05, 0.1) is 17.8 Å². The summed E-state index contributed by atoms with van der Waals surface area (Å²) in [6.45, 7) is 6.08. The third-order valence-electron chi connectivity index (χ3n) is 6.96. The van der Waals surface area contributed by atoms with Crippen molar-refractivity contribution in [3.05, 3.63) is 87.7 Å². The summed E-state index contributed by atoms with van der Waals surface area (Å²) in [5.74, 6) is 4.94. The van der Waals surface area contributed by atoms with Crippen LogP contribution in [0.15, 0.2) is 48.5 Å². The molecule has 1 atom stereocenters. The van der Waals surface area contributed by atoms with E-state index in [1.807, 2.05) is 38.1 Å². The summed E-state index contributed by atoms with van der Waals surface area (Å²) in [4.78, 5) is 14.0. The molecule has 3 aromatic carbocycles. The SMILES string of the molecule is Cc1ccc(C(CC(=O)O)c2ccc(N(C)N)c(N)c2C)cc1CN1CCOc2cccc(F)c2C1. The highest BCUT2D eigenvalue weighted by atomic mass is 19.1. The van der Waals surface area contributed by atoms with E-state index >= 15 is 0 Å². The fourth-order valence-electron chi connectivity index (χ4n) is 4.87. The smallest absolute Gasteiger partial charge is 0.304 e. The second kappa shape index (κ2) is 10.6. The number of carboxylic acid groups (broad SMARTS) is 1. The number of aliphatic carboxylic acids is 1. The topological polar surface area (TPSA) is 105 Å². The van der Waals surface area contributed by atoms with Crippen molar-refractivity contribution < 1.29 is 19.0 Å². The maximum absolute atomic E-state index is 14.5. The van der Waals surface area contributed by atoms with Crippen LogP contribution in [0, 0.1) is 19.7 Å². The van der Waals surface area contributed by atoms with E-state index in [4.69, 9.17) is 16.3 Å². The van der Waals surface area contributed by atoms with Crippen LogP contribution in [-0.4, -0.2) is 36.2 Å². The minimum atomic E-state index is -0.892. The van der Waals surface area contributed by atoms with Crippen molar-refractivity contribution in [1.29, 1.82) is 0 Å². The minimum absolute atomic E-state index is 0.0727. The van der Waals surface area contributed by atoms with Gasteiger partial charge in [0.15, 0.2) is 0 Å². The van der Waals surface area contributed by atoms with E-state index in [1.54, 1.807) is 19.2 Å². The van der Waals surface area contributed by atoms with E-state index in [0.717, 1.165) is 27.8 Å². The summed E-state index contributed by atoms with van der Waals surface area (Å²) in [6.07, 6.45) is -0.0727. The standard InChI is InChI=1S/C28H33FN4O3/c1-17-7-8-19(22(14-27(34)35)21-9-10-25(32(3)31)28(30)18(21)2)13-20(17)15-33-11-12-36-26-6-4-5-24(29)23(26)16-33/h4-10,13,22H,11-12,14-16,30-31H2,1-3H3,(H,34,35). The number of carbonyl (C=O) groups is 1. The normalized spacial score (nSPS) is 14.5. The van der Waals surface area contributed by atoms with E-state index in [-0.39, 0.29) is 18.2 Å². The molecule has 0 aromatic heterocycles. The number of aryl methyl sites for hydroxylation is 1. The number of hydrazine groups is 1. The van der Waals surface area contributed by atoms with Crippen molar-refractivity contribution in [1.82, 2.24) is 4.90 Å². The average molecular weight is 493 g/mol. The van der Waals surface area contributed by atoms with Crippen molar-refractivity contribution in [2.24, 2.45) is 5.84 Å². The summed E-state index contributed by atoms with van der Waals surface area (Å²) >= 11 is 0. The van der Waals surface area contributed by atoms with E-state index in [2.05, 4.69) is 11.0 Å². The maximum Gasteiger partial charge on any atom is 0.304 e. The Bertz CT molecular complexity index is 1280. The molecule has 1 unspecified atom stereocenters. The Balaban J connectivity index is 1.68. The van der Waals surface area contributed by atoms with Gasteiger partial charge in [-0.2, -0.15) is 0 Å². The van der Waals surface area contributed by atoms with Crippen LogP contribution in [0.1, 0.15) is 45.7 Å². The van der Waals surface area contributed by atoms with E-state index < -0.39 is 5.97 Å². The first-order valence-corrected chi connectivity index (χ1v) is 12.0. The number of hydrogen-bond donors (Lipinski definition) is 3. The molecule has 3 aromatic rings. The van der Waals surface area contributed by atoms with Crippen LogP contribution in [0.3, 0.4) is 0 Å². The number of nitrogen functional groups attached to an aromatic ring is 1. The largest absolute Gasteiger partial charge is 0.492 e. The zero-order valence-electron chi connectivity index (χ0n) is 20.9. The van der Waals surface area contributed by atoms with Crippen LogP contribution in [0.2, 0.25) is 0 Å². The molecule has 0 saturated carbocycles. The Morgan fingerprint density at radius 1 is 1.22 bits per heavy atom. The number of nitrogens with zero attached hydrogens (tertiary/aromatic N) is 2. The fraction of sp³-hybridized carbons (Fsp3) is 0.321. The zero-order chi connectivity index (χ0) is 26.0. The molecule has 0 spiro atoms. The van der Waals surface area contributed by atoms with Crippen molar-refractivity contribution in [2.45, 2.75) is 39.3 Å². The molecule has 1 aliphatic rings. The van der Waals surface area contributed by atoms with Crippen LogP contribution in [0.5, 0.6) is 5.75 Å². The van der Waals surface area contributed by atoms with Gasteiger partial charge in [0.1, 0.15) is 18.2 Å². The number of hydrogen-bond acceptors (Lipinski definition) is 6. The molecule has 0 aliphatic carbocycles. The Labute approximate surface area is 211 Å². The monoisotopic (exact) mass is 492 g/mol. The molecule has 0 fully saturated rings. The van der Waals surface area contributed by atoms with Gasteiger partial charge in [0.25, 0.3) is 0 Å². The molecule has 36 heavy (non-hydrogen) atoms. The van der Waals surface area contributed by atoms with Crippen molar-refractivity contribution in [3.8, 4) is 5.75 Å². The quantitative estimate of drug-likeness (QED) is 0.256. The number of benzene rings is 3. The van der Waals surface area contributed by atoms with Crippen molar-refractivity contribution in [2.75, 3.05) is 30.9 Å². The van der Waals surface area contributed by atoms with Gasteiger partial charge >= 0.3 is 5.97 Å². The third-order valence-corrected chi connectivity index (χ3v) is 6.96. The first-order valence-electron chi connectivity index (χ1n) is 12.0. The van der Waals surface area contributed by atoms with E-state index in [9.17, 15) is 14.3 Å². The molecule has 0 amide bonds. The van der Waals surface area contributed by atoms with Crippen LogP contribution in [0.4, 0.5) is 15.8 Å². The number of anilines is 2. The summed E-state index contributed by atoms with van der Waals surface area (Å²) < 4.78 is 20.3. The highest BCUT2D eigenvalue weighted by Crippen LogP contribution is 2.37. The Kier molecular flexibility index (Phi) is 7.47. The number of carboxylic acids is 1. The molecular formula is C28H33FN4O3. The van der Waals surface area contributed by atoms with Crippen LogP contribution < -0.4 is 21.3 Å². The lowest BCUT2D eigenvalue weighted by atomic mass is 9.84. The highest BCUT2D eigenvalue weighted by Gasteiger charge is 2.24. The predicted octanol–water partition coefficient (Wildman–Crippen LogP) is 4.34. The van der Waals surface area contributed by atoms with Gasteiger partial charge in [-0.25, -0.2) is 10.2 Å².